The molecular formula is C22H16N2O. The minimum absolute atomic E-state index is 0.107. The molecule has 3 heteroatoms. The molecule has 3 nitrogen and oxygen atoms in total. The largest absolute Gasteiger partial charge is 0.328 e. The Bertz CT molecular complexity index is 1040. The molecule has 120 valence electrons. The summed E-state index contributed by atoms with van der Waals surface area (Å²) >= 11 is 0. The van der Waals surface area contributed by atoms with Gasteiger partial charge in [0, 0.05) is 23.5 Å². The lowest BCUT2D eigenvalue weighted by atomic mass is 9.91. The van der Waals surface area contributed by atoms with Crippen LogP contribution in [0.5, 0.6) is 0 Å². The average Bonchev–Trinajstić information content (AvgIpc) is 2.70. The summed E-state index contributed by atoms with van der Waals surface area (Å²) in [6.07, 6.45) is 3.51. The van der Waals surface area contributed by atoms with E-state index in [2.05, 4.69) is 9.97 Å². The summed E-state index contributed by atoms with van der Waals surface area (Å²) in [7, 11) is 0. The van der Waals surface area contributed by atoms with E-state index in [1.807, 2.05) is 78.9 Å². The minimum atomic E-state index is -0.107. The van der Waals surface area contributed by atoms with E-state index in [9.17, 15) is 4.79 Å². The van der Waals surface area contributed by atoms with Crippen molar-refractivity contribution in [2.75, 3.05) is 0 Å². The predicted octanol–water partition coefficient (Wildman–Crippen LogP) is 4.77. The molecule has 25 heavy (non-hydrogen) atoms. The quantitative estimate of drug-likeness (QED) is 0.590. The molecule has 0 amide bonds. The zero-order valence-corrected chi connectivity index (χ0v) is 13.5. The Balaban J connectivity index is 2.09. The molecule has 0 aliphatic carbocycles. The van der Waals surface area contributed by atoms with Crippen LogP contribution < -0.4 is 5.56 Å². The van der Waals surface area contributed by atoms with Crippen LogP contribution in [-0.2, 0) is 0 Å². The van der Waals surface area contributed by atoms with Crippen molar-refractivity contribution in [1.82, 2.24) is 9.97 Å². The Morgan fingerprint density at radius 1 is 0.680 bits per heavy atom. The highest BCUT2D eigenvalue weighted by molar-refractivity contribution is 5.92. The number of hydrogen-bond donors (Lipinski definition) is 1. The zero-order valence-electron chi connectivity index (χ0n) is 13.5. The molecule has 0 unspecified atom stereocenters. The third-order valence-corrected chi connectivity index (χ3v) is 4.16. The molecule has 0 spiro atoms. The van der Waals surface area contributed by atoms with Gasteiger partial charge in [-0.15, -0.1) is 0 Å². The van der Waals surface area contributed by atoms with Crippen LogP contribution in [0.25, 0.3) is 33.5 Å². The number of rotatable bonds is 3. The molecule has 2 heterocycles. The van der Waals surface area contributed by atoms with Gasteiger partial charge >= 0.3 is 0 Å². The molecule has 0 fully saturated rings. The molecule has 1 N–H and O–H groups in total. The van der Waals surface area contributed by atoms with Crippen molar-refractivity contribution in [1.29, 1.82) is 0 Å². The number of benzene rings is 2. The second kappa shape index (κ2) is 6.57. The average molecular weight is 324 g/mol. The highest BCUT2D eigenvalue weighted by Crippen LogP contribution is 2.36. The molecule has 0 bridgehead atoms. The molecule has 4 rings (SSSR count). The Morgan fingerprint density at radius 3 is 1.88 bits per heavy atom. The summed E-state index contributed by atoms with van der Waals surface area (Å²) in [6.45, 7) is 0. The molecule has 2 aromatic carbocycles. The van der Waals surface area contributed by atoms with Gasteiger partial charge in [-0.25, -0.2) is 0 Å². The van der Waals surface area contributed by atoms with Crippen molar-refractivity contribution in [3.63, 3.8) is 0 Å². The summed E-state index contributed by atoms with van der Waals surface area (Å²) in [5, 5.41) is 0. The number of hydrogen-bond acceptors (Lipinski definition) is 2. The molecular weight excluding hydrogens is 308 g/mol. The SMILES string of the molecule is O=c1[nH]cc(-c2ccccn2)c(-c2ccccc2)c1-c1ccccc1. The number of aromatic amines is 1. The van der Waals surface area contributed by atoms with E-state index >= 15 is 0 Å². The summed E-state index contributed by atoms with van der Waals surface area (Å²) in [6, 6.07) is 25.5. The maximum atomic E-state index is 12.7. The first-order valence-electron chi connectivity index (χ1n) is 8.12. The monoisotopic (exact) mass is 324 g/mol. The van der Waals surface area contributed by atoms with Crippen molar-refractivity contribution >= 4 is 0 Å². The molecule has 2 aromatic heterocycles. The molecule has 4 aromatic rings. The third kappa shape index (κ3) is 2.88. The van der Waals surface area contributed by atoms with E-state index in [0.29, 0.717) is 5.56 Å². The van der Waals surface area contributed by atoms with Crippen LogP contribution in [0.3, 0.4) is 0 Å². The van der Waals surface area contributed by atoms with E-state index in [-0.39, 0.29) is 5.56 Å². The minimum Gasteiger partial charge on any atom is -0.328 e. The van der Waals surface area contributed by atoms with E-state index in [0.717, 1.165) is 27.9 Å². The van der Waals surface area contributed by atoms with Gasteiger partial charge in [-0.05, 0) is 23.3 Å². The van der Waals surface area contributed by atoms with Gasteiger partial charge in [-0.1, -0.05) is 66.7 Å². The first kappa shape index (κ1) is 15.1. The van der Waals surface area contributed by atoms with Crippen molar-refractivity contribution in [2.45, 2.75) is 0 Å². The maximum Gasteiger partial charge on any atom is 0.256 e. The summed E-state index contributed by atoms with van der Waals surface area (Å²) in [4.78, 5) is 20.1. The Labute approximate surface area is 145 Å². The van der Waals surface area contributed by atoms with E-state index in [1.165, 1.54) is 0 Å². The highest BCUT2D eigenvalue weighted by atomic mass is 16.1. The van der Waals surface area contributed by atoms with Gasteiger partial charge in [0.2, 0.25) is 0 Å². The first-order valence-corrected chi connectivity index (χ1v) is 8.12. The van der Waals surface area contributed by atoms with Crippen LogP contribution in [-0.4, -0.2) is 9.97 Å². The van der Waals surface area contributed by atoms with Crippen LogP contribution >= 0.6 is 0 Å². The number of nitrogens with one attached hydrogen (secondary N) is 1. The van der Waals surface area contributed by atoms with Crippen LogP contribution in [0.2, 0.25) is 0 Å². The Morgan fingerprint density at radius 2 is 1.28 bits per heavy atom. The first-order chi connectivity index (χ1) is 12.3. The van der Waals surface area contributed by atoms with Crippen molar-refractivity contribution in [2.24, 2.45) is 0 Å². The molecule has 0 saturated heterocycles. The van der Waals surface area contributed by atoms with Gasteiger partial charge in [0.1, 0.15) is 0 Å². The number of pyridine rings is 2. The van der Waals surface area contributed by atoms with E-state index < -0.39 is 0 Å². The Kier molecular flexibility index (Phi) is 3.97. The van der Waals surface area contributed by atoms with Crippen molar-refractivity contribution in [3.8, 4) is 33.5 Å². The van der Waals surface area contributed by atoms with Crippen LogP contribution in [0.1, 0.15) is 0 Å². The zero-order chi connectivity index (χ0) is 17.1. The standard InChI is InChI=1S/C22H16N2O/c25-22-21(17-11-5-2-6-12-17)20(16-9-3-1-4-10-16)18(15-24-22)19-13-7-8-14-23-19/h1-15H,(H,24,25). The number of aromatic nitrogens is 2. The second-order valence-corrected chi connectivity index (χ2v) is 5.73. The molecule has 0 aliphatic heterocycles. The van der Waals surface area contributed by atoms with Gasteiger partial charge in [0.15, 0.2) is 0 Å². The fourth-order valence-corrected chi connectivity index (χ4v) is 3.04. The fourth-order valence-electron chi connectivity index (χ4n) is 3.04. The highest BCUT2D eigenvalue weighted by Gasteiger charge is 2.17. The lowest BCUT2D eigenvalue weighted by Crippen LogP contribution is -2.11. The van der Waals surface area contributed by atoms with Gasteiger partial charge in [-0.3, -0.25) is 9.78 Å². The normalized spacial score (nSPS) is 10.6. The van der Waals surface area contributed by atoms with Gasteiger partial charge in [-0.2, -0.15) is 0 Å². The number of H-pyrrole nitrogens is 1. The van der Waals surface area contributed by atoms with Crippen molar-refractivity contribution in [3.05, 3.63) is 102 Å². The van der Waals surface area contributed by atoms with Gasteiger partial charge < -0.3 is 4.98 Å². The van der Waals surface area contributed by atoms with Crippen LogP contribution in [0.15, 0.2) is 96.1 Å². The van der Waals surface area contributed by atoms with Crippen molar-refractivity contribution < 1.29 is 0 Å². The summed E-state index contributed by atoms with van der Waals surface area (Å²) < 4.78 is 0. The Hall–Kier alpha value is -3.46. The maximum absolute atomic E-state index is 12.7. The van der Waals surface area contributed by atoms with Crippen LogP contribution in [0, 0.1) is 0 Å². The molecule has 0 atom stereocenters. The van der Waals surface area contributed by atoms with Gasteiger partial charge in [0.05, 0.1) is 11.3 Å². The van der Waals surface area contributed by atoms with Crippen LogP contribution in [0.4, 0.5) is 0 Å². The summed E-state index contributed by atoms with van der Waals surface area (Å²) in [5.41, 5.74) is 5.07. The van der Waals surface area contributed by atoms with E-state index in [1.54, 1.807) is 12.4 Å². The summed E-state index contributed by atoms with van der Waals surface area (Å²) in [5.74, 6) is 0. The lowest BCUT2D eigenvalue weighted by molar-refractivity contribution is 1.22. The topological polar surface area (TPSA) is 45.8 Å². The van der Waals surface area contributed by atoms with Gasteiger partial charge in [0.25, 0.3) is 5.56 Å². The lowest BCUT2D eigenvalue weighted by Gasteiger charge is -2.14. The second-order valence-electron chi connectivity index (χ2n) is 5.73. The third-order valence-electron chi connectivity index (χ3n) is 4.16. The molecule has 0 radical (unpaired) electrons. The number of nitrogens with zero attached hydrogens (tertiary/aromatic N) is 1. The predicted molar refractivity (Wildman–Crippen MR) is 101 cm³/mol. The molecule has 0 aliphatic rings. The molecule has 0 saturated carbocycles. The fraction of sp³-hybridized carbons (Fsp3) is 0. The smallest absolute Gasteiger partial charge is 0.256 e. The van der Waals surface area contributed by atoms with E-state index in [4.69, 9.17) is 0 Å².